The van der Waals surface area contributed by atoms with E-state index in [1.165, 1.54) is 6.42 Å². The van der Waals surface area contributed by atoms with Gasteiger partial charge in [0.1, 0.15) is 11.6 Å². The van der Waals surface area contributed by atoms with Gasteiger partial charge in [-0.1, -0.05) is 17.7 Å². The predicted octanol–water partition coefficient (Wildman–Crippen LogP) is 2.55. The number of aliphatic hydroxyl groups is 1. The summed E-state index contributed by atoms with van der Waals surface area (Å²) in [5.41, 5.74) is 2.56. The number of aromatic nitrogens is 1. The molecule has 1 unspecified atom stereocenters. The molecule has 1 fully saturated rings. The molecule has 4 N–H and O–H groups in total. The van der Waals surface area contributed by atoms with E-state index in [-0.39, 0.29) is 18.2 Å². The molecular weight excluding hydrogens is 404 g/mol. The first-order valence-electron chi connectivity index (χ1n) is 10.4. The van der Waals surface area contributed by atoms with Crippen molar-refractivity contribution in [2.45, 2.75) is 44.4 Å². The molecule has 1 amide bonds. The number of amides is 1. The fraction of sp³-hybridized carbons (Fsp3) is 0.455. The first kappa shape index (κ1) is 20.9. The van der Waals surface area contributed by atoms with Crippen LogP contribution < -0.4 is 10.6 Å². The number of carbonyl (C=O) groups excluding carboxylic acids is 1. The molecule has 0 radical (unpaired) electrons. The zero-order valence-electron chi connectivity index (χ0n) is 16.8. The smallest absolute Gasteiger partial charge is 0.251 e. The Bertz CT molecular complexity index is 919. The van der Waals surface area contributed by atoms with Gasteiger partial charge in [0.05, 0.1) is 11.1 Å². The minimum absolute atomic E-state index is 0.105. The zero-order valence-corrected chi connectivity index (χ0v) is 17.5. The van der Waals surface area contributed by atoms with Gasteiger partial charge in [0.25, 0.3) is 5.91 Å². The lowest BCUT2D eigenvalue weighted by molar-refractivity contribution is 0.0841. The van der Waals surface area contributed by atoms with Gasteiger partial charge in [0, 0.05) is 44.0 Å². The highest BCUT2D eigenvalue weighted by atomic mass is 35.5. The number of halogens is 1. The maximum Gasteiger partial charge on any atom is 0.251 e. The number of hydrogen-bond donors (Lipinski definition) is 4. The second-order valence-electron chi connectivity index (χ2n) is 8.09. The minimum atomic E-state index is -0.683. The SMILES string of the molecule is O=C(NCC(O)CN1CCc2c(ccc(O)c2Cl)C1)c1ccnc(NC2CCC2)c1. The fourth-order valence-electron chi connectivity index (χ4n) is 3.90. The predicted molar refractivity (Wildman–Crippen MR) is 116 cm³/mol. The largest absolute Gasteiger partial charge is 0.506 e. The van der Waals surface area contributed by atoms with E-state index in [4.69, 9.17) is 11.6 Å². The fourth-order valence-corrected chi connectivity index (χ4v) is 4.18. The molecule has 2 aromatic rings. The number of nitrogens with one attached hydrogen (secondary N) is 2. The van der Waals surface area contributed by atoms with Crippen molar-refractivity contribution in [3.05, 3.63) is 52.2 Å². The van der Waals surface area contributed by atoms with Crippen LogP contribution in [0, 0.1) is 0 Å². The normalized spacial score (nSPS) is 17.7. The number of pyridine rings is 1. The Kier molecular flexibility index (Phi) is 6.41. The molecule has 1 aliphatic carbocycles. The summed E-state index contributed by atoms with van der Waals surface area (Å²) in [6.07, 6.45) is 5.17. The summed E-state index contributed by atoms with van der Waals surface area (Å²) in [7, 11) is 0. The van der Waals surface area contributed by atoms with Gasteiger partial charge in [-0.3, -0.25) is 9.69 Å². The highest BCUT2D eigenvalue weighted by Crippen LogP contribution is 2.33. The molecule has 4 rings (SSSR count). The molecule has 1 aromatic carbocycles. The number of aromatic hydroxyl groups is 1. The number of β-amino-alcohol motifs (C(OH)–C–C–N with tert-alkyl or cyclic N) is 1. The number of hydrogen-bond acceptors (Lipinski definition) is 6. The molecule has 2 heterocycles. The van der Waals surface area contributed by atoms with Crippen molar-refractivity contribution < 1.29 is 15.0 Å². The number of rotatable bonds is 7. The lowest BCUT2D eigenvalue weighted by Gasteiger charge is -2.31. The minimum Gasteiger partial charge on any atom is -0.506 e. The van der Waals surface area contributed by atoms with Gasteiger partial charge < -0.3 is 20.8 Å². The van der Waals surface area contributed by atoms with E-state index in [0.717, 1.165) is 36.9 Å². The van der Waals surface area contributed by atoms with Crippen LogP contribution in [-0.4, -0.2) is 57.8 Å². The summed E-state index contributed by atoms with van der Waals surface area (Å²) >= 11 is 6.18. The van der Waals surface area contributed by atoms with Gasteiger partial charge >= 0.3 is 0 Å². The topological polar surface area (TPSA) is 97.7 Å². The molecule has 1 aromatic heterocycles. The van der Waals surface area contributed by atoms with E-state index in [1.807, 2.05) is 6.07 Å². The standard InChI is InChI=1S/C22H27ClN4O3/c23-21-18-7-9-27(12-15(18)4-5-19(21)29)13-17(28)11-25-22(30)14-6-8-24-20(10-14)26-16-2-1-3-16/h4-6,8,10,16-17,28-29H,1-3,7,9,11-13H2,(H,24,26)(H,25,30). The van der Waals surface area contributed by atoms with Crippen LogP contribution in [0.5, 0.6) is 5.75 Å². The van der Waals surface area contributed by atoms with Crippen LogP contribution >= 0.6 is 11.6 Å². The van der Waals surface area contributed by atoms with E-state index < -0.39 is 6.10 Å². The summed E-state index contributed by atoms with van der Waals surface area (Å²) < 4.78 is 0. The Morgan fingerprint density at radius 1 is 1.33 bits per heavy atom. The first-order chi connectivity index (χ1) is 14.5. The molecule has 0 bridgehead atoms. The number of phenolic OH excluding ortho intramolecular Hbond substituents is 1. The number of anilines is 1. The third-order valence-electron chi connectivity index (χ3n) is 5.84. The maximum atomic E-state index is 12.5. The quantitative estimate of drug-likeness (QED) is 0.539. The van der Waals surface area contributed by atoms with Crippen molar-refractivity contribution in [3.63, 3.8) is 0 Å². The summed E-state index contributed by atoms with van der Waals surface area (Å²) in [6.45, 7) is 2.01. The van der Waals surface area contributed by atoms with Gasteiger partial charge in [-0.05, 0) is 55.0 Å². The van der Waals surface area contributed by atoms with Crippen molar-refractivity contribution in [1.29, 1.82) is 0 Å². The molecule has 160 valence electrons. The van der Waals surface area contributed by atoms with Crippen molar-refractivity contribution in [3.8, 4) is 5.75 Å². The Morgan fingerprint density at radius 3 is 2.93 bits per heavy atom. The molecule has 8 heteroatoms. The van der Waals surface area contributed by atoms with E-state index >= 15 is 0 Å². The van der Waals surface area contributed by atoms with Crippen LogP contribution in [0.4, 0.5) is 5.82 Å². The summed E-state index contributed by atoms with van der Waals surface area (Å²) in [6, 6.07) is 7.35. The first-order valence-corrected chi connectivity index (χ1v) is 10.8. The van der Waals surface area contributed by atoms with Crippen LogP contribution in [0.25, 0.3) is 0 Å². The molecule has 0 spiro atoms. The highest BCUT2D eigenvalue weighted by molar-refractivity contribution is 6.32. The van der Waals surface area contributed by atoms with E-state index in [1.54, 1.807) is 24.4 Å². The van der Waals surface area contributed by atoms with E-state index in [9.17, 15) is 15.0 Å². The molecule has 1 saturated carbocycles. The Hall–Kier alpha value is -2.35. The van der Waals surface area contributed by atoms with Crippen LogP contribution in [0.3, 0.4) is 0 Å². The summed E-state index contributed by atoms with van der Waals surface area (Å²) in [4.78, 5) is 18.9. The molecule has 1 aliphatic heterocycles. The zero-order chi connectivity index (χ0) is 21.1. The number of phenols is 1. The average Bonchev–Trinajstić information content (AvgIpc) is 2.72. The number of nitrogens with zero attached hydrogens (tertiary/aromatic N) is 2. The van der Waals surface area contributed by atoms with Gasteiger partial charge in [-0.25, -0.2) is 4.98 Å². The molecule has 7 nitrogen and oxygen atoms in total. The summed E-state index contributed by atoms with van der Waals surface area (Å²) in [5, 5.41) is 26.7. The lowest BCUT2D eigenvalue weighted by Crippen LogP contribution is -2.42. The number of aliphatic hydroxyl groups excluding tert-OH is 1. The molecule has 2 aliphatic rings. The van der Waals surface area contributed by atoms with Crippen LogP contribution in [0.1, 0.15) is 40.7 Å². The third-order valence-corrected chi connectivity index (χ3v) is 6.26. The number of fused-ring (bicyclic) bond motifs is 1. The highest BCUT2D eigenvalue weighted by Gasteiger charge is 2.22. The Labute approximate surface area is 181 Å². The van der Waals surface area contributed by atoms with Crippen molar-refractivity contribution in [1.82, 2.24) is 15.2 Å². The maximum absolute atomic E-state index is 12.5. The molecular formula is C22H27ClN4O3. The average molecular weight is 431 g/mol. The second kappa shape index (κ2) is 9.20. The third kappa shape index (κ3) is 4.86. The molecule has 30 heavy (non-hydrogen) atoms. The monoisotopic (exact) mass is 430 g/mol. The molecule has 0 saturated heterocycles. The Morgan fingerprint density at radius 2 is 2.17 bits per heavy atom. The van der Waals surface area contributed by atoms with Crippen LogP contribution in [-0.2, 0) is 13.0 Å². The lowest BCUT2D eigenvalue weighted by atomic mass is 9.93. The second-order valence-corrected chi connectivity index (χ2v) is 8.47. The molecule has 1 atom stereocenters. The van der Waals surface area contributed by atoms with Crippen molar-refractivity contribution >= 4 is 23.3 Å². The summed E-state index contributed by atoms with van der Waals surface area (Å²) in [5.74, 6) is 0.595. The van der Waals surface area contributed by atoms with Gasteiger partial charge in [0.2, 0.25) is 0 Å². The van der Waals surface area contributed by atoms with Crippen molar-refractivity contribution in [2.75, 3.05) is 25.0 Å². The van der Waals surface area contributed by atoms with Gasteiger partial charge in [-0.2, -0.15) is 0 Å². The number of carbonyl (C=O) groups is 1. The van der Waals surface area contributed by atoms with Gasteiger partial charge in [-0.15, -0.1) is 0 Å². The van der Waals surface area contributed by atoms with Crippen molar-refractivity contribution in [2.24, 2.45) is 0 Å². The van der Waals surface area contributed by atoms with E-state index in [2.05, 4.69) is 20.5 Å². The van der Waals surface area contributed by atoms with Gasteiger partial charge in [0.15, 0.2) is 0 Å². The van der Waals surface area contributed by atoms with Crippen LogP contribution in [0.2, 0.25) is 5.02 Å². The van der Waals surface area contributed by atoms with E-state index in [0.29, 0.717) is 35.5 Å². The van der Waals surface area contributed by atoms with Crippen LogP contribution in [0.15, 0.2) is 30.5 Å². The Balaban J connectivity index is 1.26. The number of benzene rings is 1.